The molecule has 0 unspecified atom stereocenters. The van der Waals surface area contributed by atoms with Crippen LogP contribution in [-0.2, 0) is 28.3 Å². The number of aliphatic hydroxyl groups is 1. The maximum Gasteiger partial charge on any atom is 0.415 e. The zero-order valence-corrected chi connectivity index (χ0v) is 20.8. The molecule has 1 aromatic carbocycles. The van der Waals surface area contributed by atoms with Crippen molar-refractivity contribution in [2.45, 2.75) is 39.0 Å². The molecule has 2 aromatic heterocycles. The van der Waals surface area contributed by atoms with Gasteiger partial charge in [-0.2, -0.15) is 0 Å². The third-order valence-electron chi connectivity index (χ3n) is 7.81. The fourth-order valence-electron chi connectivity index (χ4n) is 5.51. The number of esters is 1. The first-order valence-corrected chi connectivity index (χ1v) is 12.6. The van der Waals surface area contributed by atoms with E-state index in [-0.39, 0.29) is 36.3 Å². The maximum absolute atomic E-state index is 13.5. The highest BCUT2D eigenvalue weighted by atomic mass is 16.6. The summed E-state index contributed by atoms with van der Waals surface area (Å²) in [6.07, 6.45) is -0.371. The predicted octanol–water partition coefficient (Wildman–Crippen LogP) is 2.22. The van der Waals surface area contributed by atoms with E-state index in [2.05, 4.69) is 11.8 Å². The highest BCUT2D eigenvalue weighted by molar-refractivity contribution is 5.93. The van der Waals surface area contributed by atoms with Gasteiger partial charge in [-0.3, -0.25) is 4.79 Å². The van der Waals surface area contributed by atoms with Gasteiger partial charge in [0.25, 0.3) is 5.56 Å². The first kappa shape index (κ1) is 23.6. The van der Waals surface area contributed by atoms with Gasteiger partial charge in [0.2, 0.25) is 0 Å². The average Bonchev–Trinajstić information content (AvgIpc) is 3.29. The smallest absolute Gasteiger partial charge is 0.415 e. The van der Waals surface area contributed by atoms with E-state index < -0.39 is 17.7 Å². The van der Waals surface area contributed by atoms with Crippen LogP contribution < -0.4 is 10.3 Å². The number of hydrogen-bond acceptors (Lipinski definition) is 8. The van der Waals surface area contributed by atoms with Crippen LogP contribution in [0.5, 0.6) is 5.75 Å². The second kappa shape index (κ2) is 8.67. The van der Waals surface area contributed by atoms with Crippen molar-refractivity contribution < 1.29 is 24.2 Å². The van der Waals surface area contributed by atoms with Gasteiger partial charge in [-0.15, -0.1) is 0 Å². The normalized spacial score (nSPS) is 20.8. The molecule has 6 rings (SSSR count). The Morgan fingerprint density at radius 2 is 1.89 bits per heavy atom. The molecular formula is C27H28N4O6. The molecule has 1 atom stereocenters. The second-order valence-corrected chi connectivity index (χ2v) is 9.68. The second-order valence-electron chi connectivity index (χ2n) is 9.68. The summed E-state index contributed by atoms with van der Waals surface area (Å²) in [5.41, 5.74) is 0.429. The Bertz CT molecular complexity index is 1510. The third-order valence-corrected chi connectivity index (χ3v) is 7.81. The molecule has 5 heterocycles. The van der Waals surface area contributed by atoms with Gasteiger partial charge in [0.05, 0.1) is 29.0 Å². The van der Waals surface area contributed by atoms with Gasteiger partial charge in [0.15, 0.2) is 5.60 Å². The number of cyclic esters (lactones) is 1. The molecule has 1 N–H and O–H groups in total. The van der Waals surface area contributed by atoms with Gasteiger partial charge < -0.3 is 28.9 Å². The Labute approximate surface area is 213 Å². The molecule has 1 fully saturated rings. The van der Waals surface area contributed by atoms with E-state index in [4.69, 9.17) is 14.5 Å². The Kier molecular flexibility index (Phi) is 5.54. The molecule has 3 aromatic rings. The van der Waals surface area contributed by atoms with Crippen LogP contribution in [0.3, 0.4) is 0 Å². The van der Waals surface area contributed by atoms with Crippen molar-refractivity contribution in [1.29, 1.82) is 0 Å². The minimum Gasteiger partial charge on any atom is -0.458 e. The monoisotopic (exact) mass is 504 g/mol. The molecule has 10 heteroatoms. The zero-order valence-electron chi connectivity index (χ0n) is 20.8. The number of pyridine rings is 2. The van der Waals surface area contributed by atoms with Gasteiger partial charge in [-0.25, -0.2) is 14.6 Å². The van der Waals surface area contributed by atoms with Crippen LogP contribution in [0.1, 0.15) is 37.0 Å². The zero-order chi connectivity index (χ0) is 25.9. The van der Waals surface area contributed by atoms with Crippen LogP contribution in [0.15, 0.2) is 35.1 Å². The molecule has 0 radical (unpaired) electrons. The highest BCUT2D eigenvalue weighted by Crippen LogP contribution is 2.43. The lowest BCUT2D eigenvalue weighted by atomic mass is 9.86. The quantitative estimate of drug-likeness (QED) is 0.423. The van der Waals surface area contributed by atoms with Gasteiger partial charge in [0, 0.05) is 42.7 Å². The Balaban J connectivity index is 1.47. The van der Waals surface area contributed by atoms with Crippen molar-refractivity contribution in [2.24, 2.45) is 0 Å². The molecular weight excluding hydrogens is 476 g/mol. The molecule has 10 nitrogen and oxygen atoms in total. The van der Waals surface area contributed by atoms with Gasteiger partial charge in [-0.1, -0.05) is 26.0 Å². The summed E-state index contributed by atoms with van der Waals surface area (Å²) >= 11 is 0. The number of amides is 1. The molecule has 0 saturated carbocycles. The lowest BCUT2D eigenvalue weighted by molar-refractivity contribution is -0.172. The van der Waals surface area contributed by atoms with Gasteiger partial charge >= 0.3 is 12.1 Å². The summed E-state index contributed by atoms with van der Waals surface area (Å²) in [4.78, 5) is 48.0. The number of rotatable bonds is 3. The van der Waals surface area contributed by atoms with Crippen molar-refractivity contribution in [3.8, 4) is 17.1 Å². The first-order chi connectivity index (χ1) is 17.9. The van der Waals surface area contributed by atoms with Crippen LogP contribution in [0.2, 0.25) is 0 Å². The minimum absolute atomic E-state index is 0.0634. The molecule has 37 heavy (non-hydrogen) atoms. The van der Waals surface area contributed by atoms with Crippen molar-refractivity contribution in [3.63, 3.8) is 0 Å². The maximum atomic E-state index is 13.5. The lowest BCUT2D eigenvalue weighted by Gasteiger charge is -2.33. The molecule has 0 aliphatic carbocycles. The summed E-state index contributed by atoms with van der Waals surface area (Å²) in [6.45, 7) is 7.38. The number of carbonyl (C=O) groups excluding carboxylic acids is 2. The summed E-state index contributed by atoms with van der Waals surface area (Å²) in [5.74, 6) is -0.392. The van der Waals surface area contributed by atoms with E-state index in [1.165, 1.54) is 0 Å². The minimum atomic E-state index is -1.90. The SMILES string of the molecule is CCN1CCN(C(=O)Oc2c3c(nc4ccccc24)-c2cc4c(c(=O)n2C3)COC(=O)[C@]4(O)CC)CC1. The number of carbonyl (C=O) groups is 2. The summed E-state index contributed by atoms with van der Waals surface area (Å²) < 4.78 is 12.7. The van der Waals surface area contributed by atoms with Gasteiger partial charge in [-0.05, 0) is 31.2 Å². The number of para-hydroxylation sites is 1. The van der Waals surface area contributed by atoms with E-state index in [1.54, 1.807) is 22.5 Å². The van der Waals surface area contributed by atoms with Crippen LogP contribution in [-0.4, -0.2) is 69.2 Å². The number of likely N-dealkylation sites (N-methyl/N-ethyl adjacent to an activating group) is 1. The van der Waals surface area contributed by atoms with Crippen LogP contribution in [0.4, 0.5) is 4.79 Å². The van der Waals surface area contributed by atoms with Crippen LogP contribution in [0, 0.1) is 0 Å². The largest absolute Gasteiger partial charge is 0.458 e. The molecule has 3 aliphatic rings. The van der Waals surface area contributed by atoms with Gasteiger partial charge in [0.1, 0.15) is 12.4 Å². The number of benzene rings is 1. The summed E-state index contributed by atoms with van der Waals surface area (Å²) in [5, 5.41) is 11.8. The Morgan fingerprint density at radius 3 is 2.62 bits per heavy atom. The number of ether oxygens (including phenoxy) is 2. The van der Waals surface area contributed by atoms with E-state index in [1.807, 2.05) is 24.3 Å². The number of fused-ring (bicyclic) bond motifs is 5. The molecule has 1 saturated heterocycles. The van der Waals surface area contributed by atoms with Crippen LogP contribution >= 0.6 is 0 Å². The van der Waals surface area contributed by atoms with Crippen molar-refractivity contribution in [1.82, 2.24) is 19.4 Å². The van der Waals surface area contributed by atoms with Crippen LogP contribution in [0.25, 0.3) is 22.3 Å². The predicted molar refractivity (Wildman–Crippen MR) is 134 cm³/mol. The topological polar surface area (TPSA) is 114 Å². The van der Waals surface area contributed by atoms with Crippen molar-refractivity contribution in [2.75, 3.05) is 32.7 Å². The fraction of sp³-hybridized carbons (Fsp3) is 0.407. The molecule has 192 valence electrons. The Morgan fingerprint density at radius 1 is 1.14 bits per heavy atom. The molecule has 3 aliphatic heterocycles. The third kappa shape index (κ3) is 3.54. The van der Waals surface area contributed by atoms with Crippen molar-refractivity contribution in [3.05, 3.63) is 57.4 Å². The molecule has 1 amide bonds. The molecule has 0 spiro atoms. The number of nitrogens with zero attached hydrogens (tertiary/aromatic N) is 4. The van der Waals surface area contributed by atoms with E-state index in [0.717, 1.165) is 19.6 Å². The molecule has 0 bridgehead atoms. The van der Waals surface area contributed by atoms with Crippen molar-refractivity contribution >= 4 is 23.0 Å². The Hall–Kier alpha value is -3.76. The fourth-order valence-corrected chi connectivity index (χ4v) is 5.51. The summed E-state index contributed by atoms with van der Waals surface area (Å²) in [7, 11) is 0. The first-order valence-electron chi connectivity index (χ1n) is 12.6. The number of hydrogen-bond donors (Lipinski definition) is 1. The van der Waals surface area contributed by atoms with E-state index in [9.17, 15) is 19.5 Å². The standard InChI is InChI=1S/C27H28N4O6/c1-3-27(35)19-13-21-22-17(14-31(21)24(32)18(19)15-36-25(27)33)23(16-7-5-6-8-20(16)28-22)37-26(34)30-11-9-29(4-2)10-12-30/h5-8,13,35H,3-4,9-12,14-15H2,1-2H3/t27-/m0/s1. The lowest BCUT2D eigenvalue weighted by Crippen LogP contribution is -2.49. The van der Waals surface area contributed by atoms with E-state index in [0.29, 0.717) is 46.7 Å². The summed E-state index contributed by atoms with van der Waals surface area (Å²) in [6, 6.07) is 9.03. The number of piperazine rings is 1. The average molecular weight is 505 g/mol. The highest BCUT2D eigenvalue weighted by Gasteiger charge is 2.45. The van der Waals surface area contributed by atoms with E-state index >= 15 is 0 Å². The number of aromatic nitrogens is 2.